The van der Waals surface area contributed by atoms with E-state index in [-0.39, 0.29) is 17.0 Å². The molecular formula is C14H23BrTe. The zero-order chi connectivity index (χ0) is 11.3. The maximum absolute atomic E-state index is 2.36. The molecule has 0 fully saturated rings. The number of benzene rings is 1. The Morgan fingerprint density at radius 3 is 1.69 bits per heavy atom. The van der Waals surface area contributed by atoms with Crippen LogP contribution in [0.5, 0.6) is 0 Å². The third-order valence-corrected chi connectivity index (χ3v) is 10.9. The van der Waals surface area contributed by atoms with E-state index in [2.05, 4.69) is 58.0 Å². The van der Waals surface area contributed by atoms with Gasteiger partial charge in [0.1, 0.15) is 0 Å². The molecule has 0 amide bonds. The molecule has 92 valence electrons. The second kappa shape index (κ2) is 8.56. The summed E-state index contributed by atoms with van der Waals surface area (Å²) in [7, 11) is 0. The van der Waals surface area contributed by atoms with Crippen LogP contribution in [-0.2, 0) is 0 Å². The fraction of sp³-hybridized carbons (Fsp3) is 0.571. The smallest absolute Gasteiger partial charge is 1.00 e. The van der Waals surface area contributed by atoms with Crippen LogP contribution in [0, 0.1) is 11.8 Å². The molecule has 0 saturated carbocycles. The molecule has 0 unspecified atom stereocenters. The summed E-state index contributed by atoms with van der Waals surface area (Å²) in [6, 6.07) is 11.2. The van der Waals surface area contributed by atoms with Crippen LogP contribution in [0.1, 0.15) is 27.7 Å². The van der Waals surface area contributed by atoms with Gasteiger partial charge in [-0.3, -0.25) is 0 Å². The first-order valence-corrected chi connectivity index (χ1v) is 10.3. The summed E-state index contributed by atoms with van der Waals surface area (Å²) in [6.07, 6.45) is 0. The Morgan fingerprint density at radius 2 is 1.31 bits per heavy atom. The zero-order valence-electron chi connectivity index (χ0n) is 10.7. The van der Waals surface area contributed by atoms with Gasteiger partial charge in [-0.2, -0.15) is 0 Å². The molecule has 0 aliphatic carbocycles. The molecule has 0 aliphatic rings. The molecule has 0 aliphatic heterocycles. The fourth-order valence-corrected chi connectivity index (χ4v) is 9.31. The van der Waals surface area contributed by atoms with E-state index in [4.69, 9.17) is 0 Å². The van der Waals surface area contributed by atoms with Crippen molar-refractivity contribution in [3.63, 3.8) is 0 Å². The van der Waals surface area contributed by atoms with Gasteiger partial charge in [0.15, 0.2) is 0 Å². The zero-order valence-corrected chi connectivity index (χ0v) is 14.7. The minimum absolute atomic E-state index is 0. The largest absolute Gasteiger partial charge is 1.00 e. The Kier molecular flexibility index (Phi) is 8.82. The minimum atomic E-state index is -1.03. The standard InChI is InChI=1S/C14H23Te.BrH/c1-12(2)10-15(11-13(3)4)14-8-6-5-7-9-14;/h5-9,12-13H,10-11H2,1-4H3;1H/q+1;/p-1. The van der Waals surface area contributed by atoms with Crippen molar-refractivity contribution in [3.8, 4) is 0 Å². The third kappa shape index (κ3) is 6.28. The molecule has 0 aromatic heterocycles. The SMILES string of the molecule is CC(C)C[Te+](CC(C)C)c1ccccc1.[Br-]. The summed E-state index contributed by atoms with van der Waals surface area (Å²) in [4.78, 5) is 0. The van der Waals surface area contributed by atoms with Crippen LogP contribution >= 0.6 is 0 Å². The second-order valence-corrected chi connectivity index (χ2v) is 11.0. The van der Waals surface area contributed by atoms with E-state index in [1.54, 1.807) is 3.61 Å². The van der Waals surface area contributed by atoms with Gasteiger partial charge in [-0.15, -0.1) is 0 Å². The summed E-state index contributed by atoms with van der Waals surface area (Å²) < 4.78 is 4.64. The number of hydrogen-bond acceptors (Lipinski definition) is 0. The third-order valence-electron chi connectivity index (χ3n) is 2.15. The number of hydrogen-bond donors (Lipinski definition) is 0. The fourth-order valence-electron chi connectivity index (χ4n) is 1.68. The van der Waals surface area contributed by atoms with Gasteiger partial charge >= 0.3 is 102 Å². The van der Waals surface area contributed by atoms with Gasteiger partial charge in [-0.1, -0.05) is 0 Å². The summed E-state index contributed by atoms with van der Waals surface area (Å²) >= 11 is -1.03. The predicted octanol–water partition coefficient (Wildman–Crippen LogP) is 0.704. The van der Waals surface area contributed by atoms with E-state index in [1.165, 1.54) is 8.94 Å². The molecule has 16 heavy (non-hydrogen) atoms. The van der Waals surface area contributed by atoms with E-state index < -0.39 is 19.6 Å². The van der Waals surface area contributed by atoms with Gasteiger partial charge in [0.25, 0.3) is 0 Å². The normalized spacial score (nSPS) is 10.9. The molecular weight excluding hydrogens is 376 g/mol. The summed E-state index contributed by atoms with van der Waals surface area (Å²) in [5.41, 5.74) is 0. The molecule has 1 rings (SSSR count). The molecule has 0 bridgehead atoms. The van der Waals surface area contributed by atoms with Gasteiger partial charge in [-0.05, 0) is 0 Å². The van der Waals surface area contributed by atoms with Crippen molar-refractivity contribution in [2.24, 2.45) is 11.8 Å². The van der Waals surface area contributed by atoms with E-state index in [1.807, 2.05) is 0 Å². The number of halogens is 1. The van der Waals surface area contributed by atoms with E-state index in [0.29, 0.717) is 0 Å². The van der Waals surface area contributed by atoms with Gasteiger partial charge in [0, 0.05) is 0 Å². The first-order chi connectivity index (χ1) is 7.09. The van der Waals surface area contributed by atoms with E-state index in [0.717, 1.165) is 11.8 Å². The molecule has 0 spiro atoms. The van der Waals surface area contributed by atoms with Crippen LogP contribution in [0.15, 0.2) is 30.3 Å². The molecule has 0 N–H and O–H groups in total. The van der Waals surface area contributed by atoms with Crippen molar-refractivity contribution in [2.45, 2.75) is 36.6 Å². The molecule has 1 aromatic carbocycles. The molecule has 0 radical (unpaired) electrons. The molecule has 0 nitrogen and oxygen atoms in total. The van der Waals surface area contributed by atoms with E-state index in [9.17, 15) is 0 Å². The summed E-state index contributed by atoms with van der Waals surface area (Å²) in [5.74, 6) is 1.72. The molecule has 0 atom stereocenters. The van der Waals surface area contributed by atoms with Crippen molar-refractivity contribution in [2.75, 3.05) is 0 Å². The topological polar surface area (TPSA) is 0 Å². The van der Waals surface area contributed by atoms with Gasteiger partial charge < -0.3 is 17.0 Å². The maximum atomic E-state index is 2.36. The van der Waals surface area contributed by atoms with Crippen LogP contribution < -0.4 is 20.6 Å². The Morgan fingerprint density at radius 1 is 0.875 bits per heavy atom. The Hall–Kier alpha value is 0.490. The van der Waals surface area contributed by atoms with Gasteiger partial charge in [0.05, 0.1) is 0 Å². The quantitative estimate of drug-likeness (QED) is 0.641. The molecule has 0 saturated heterocycles. The molecule has 2 heteroatoms. The van der Waals surface area contributed by atoms with Gasteiger partial charge in [0.2, 0.25) is 0 Å². The first kappa shape index (κ1) is 16.5. The van der Waals surface area contributed by atoms with Crippen LogP contribution in [0.3, 0.4) is 0 Å². The van der Waals surface area contributed by atoms with Gasteiger partial charge in [-0.25, -0.2) is 0 Å². The number of rotatable bonds is 5. The Labute approximate surface area is 118 Å². The van der Waals surface area contributed by atoms with Crippen molar-refractivity contribution in [1.29, 1.82) is 0 Å². The van der Waals surface area contributed by atoms with Crippen molar-refractivity contribution < 1.29 is 17.0 Å². The first-order valence-electron chi connectivity index (χ1n) is 5.82. The van der Waals surface area contributed by atoms with Crippen molar-refractivity contribution in [3.05, 3.63) is 30.3 Å². The minimum Gasteiger partial charge on any atom is -1.00 e. The Balaban J connectivity index is 0.00000225. The Bertz CT molecular complexity index is 259. The summed E-state index contributed by atoms with van der Waals surface area (Å²) in [5, 5.41) is 0. The molecule has 0 heterocycles. The second-order valence-electron chi connectivity index (χ2n) is 4.93. The maximum Gasteiger partial charge on any atom is -1.00 e. The van der Waals surface area contributed by atoms with Crippen LogP contribution in [0.4, 0.5) is 0 Å². The monoisotopic (exact) mass is 400 g/mol. The van der Waals surface area contributed by atoms with Crippen LogP contribution in [-0.4, -0.2) is 19.6 Å². The molecule has 1 aromatic rings. The van der Waals surface area contributed by atoms with Crippen molar-refractivity contribution >= 4 is 23.2 Å². The van der Waals surface area contributed by atoms with E-state index >= 15 is 0 Å². The predicted molar refractivity (Wildman–Crippen MR) is 71.1 cm³/mol. The van der Waals surface area contributed by atoms with Crippen LogP contribution in [0.25, 0.3) is 0 Å². The van der Waals surface area contributed by atoms with Crippen LogP contribution in [0.2, 0.25) is 8.94 Å². The van der Waals surface area contributed by atoms with Crippen molar-refractivity contribution in [1.82, 2.24) is 0 Å². The average Bonchev–Trinajstić information content (AvgIpc) is 2.17. The average molecular weight is 399 g/mol. The summed E-state index contributed by atoms with van der Waals surface area (Å²) in [6.45, 7) is 9.43.